The van der Waals surface area contributed by atoms with Crippen LogP contribution in [-0.2, 0) is 11.2 Å². The van der Waals surface area contributed by atoms with E-state index in [0.717, 1.165) is 67.5 Å². The molecular weight excluding hydrogens is 598 g/mol. The van der Waals surface area contributed by atoms with Gasteiger partial charge in [0.2, 0.25) is 5.91 Å². The van der Waals surface area contributed by atoms with Crippen molar-refractivity contribution >= 4 is 34.7 Å². The number of ether oxygens (including phenoxy) is 1. The van der Waals surface area contributed by atoms with E-state index in [4.69, 9.17) is 4.74 Å². The first kappa shape index (κ1) is 36.6. The quantitative estimate of drug-likeness (QED) is 0.0881. The summed E-state index contributed by atoms with van der Waals surface area (Å²) in [4.78, 5) is 21.3. The van der Waals surface area contributed by atoms with Gasteiger partial charge in [-0.15, -0.1) is 0 Å². The van der Waals surface area contributed by atoms with E-state index in [-0.39, 0.29) is 12.5 Å². The molecule has 3 aromatic rings. The molecule has 0 aliphatic carbocycles. The fourth-order valence-corrected chi connectivity index (χ4v) is 5.67. The number of hydrogen-bond donors (Lipinski definition) is 3. The Morgan fingerprint density at radius 2 is 1.96 bits per heavy atom. The van der Waals surface area contributed by atoms with Crippen molar-refractivity contribution in [2.75, 3.05) is 71.4 Å². The second kappa shape index (κ2) is 20.2. The van der Waals surface area contributed by atoms with E-state index in [9.17, 15) is 9.90 Å². The molecule has 0 fully saturated rings. The van der Waals surface area contributed by atoms with Gasteiger partial charge in [0.15, 0.2) is 0 Å². The molecular formula is C40H53N5O3. The maximum absolute atomic E-state index is 12.3. The van der Waals surface area contributed by atoms with Crippen LogP contribution in [0.15, 0.2) is 95.5 Å². The minimum absolute atomic E-state index is 0.113. The lowest BCUT2D eigenvalue weighted by Gasteiger charge is -2.31. The third kappa shape index (κ3) is 12.4. The molecule has 0 radical (unpaired) electrons. The number of allylic oxidation sites excluding steroid dienone is 5. The number of nitrogens with zero attached hydrogens (tertiary/aromatic N) is 3. The highest BCUT2D eigenvalue weighted by molar-refractivity contribution is 5.88. The van der Waals surface area contributed by atoms with Crippen LogP contribution in [0.2, 0.25) is 0 Å². The van der Waals surface area contributed by atoms with Crippen molar-refractivity contribution in [3.8, 4) is 5.75 Å². The number of anilines is 1. The highest BCUT2D eigenvalue weighted by atomic mass is 16.5. The zero-order chi connectivity index (χ0) is 34.0. The van der Waals surface area contributed by atoms with Gasteiger partial charge in [0.25, 0.3) is 0 Å². The van der Waals surface area contributed by atoms with Gasteiger partial charge in [-0.25, -0.2) is 0 Å². The third-order valence-electron chi connectivity index (χ3n) is 8.21. The summed E-state index contributed by atoms with van der Waals surface area (Å²) in [6, 6.07) is 20.7. The zero-order valence-electron chi connectivity index (χ0n) is 28.9. The van der Waals surface area contributed by atoms with Gasteiger partial charge in [-0.3, -0.25) is 9.79 Å². The number of carbonyl (C=O) groups excluding carboxylic acids is 1. The van der Waals surface area contributed by atoms with E-state index in [0.29, 0.717) is 26.1 Å². The van der Waals surface area contributed by atoms with Crippen molar-refractivity contribution in [1.82, 2.24) is 15.5 Å². The van der Waals surface area contributed by atoms with Crippen molar-refractivity contribution < 1.29 is 14.6 Å². The maximum Gasteiger partial charge on any atom is 0.221 e. The molecule has 1 amide bonds. The fourth-order valence-electron chi connectivity index (χ4n) is 5.67. The number of fused-ring (bicyclic) bond motifs is 2. The summed E-state index contributed by atoms with van der Waals surface area (Å²) in [5.41, 5.74) is 4.83. The van der Waals surface area contributed by atoms with Crippen molar-refractivity contribution in [1.29, 1.82) is 0 Å². The topological polar surface area (TPSA) is 89.4 Å². The molecule has 4 rings (SSSR count). The van der Waals surface area contributed by atoms with Crippen LogP contribution in [0.3, 0.4) is 0 Å². The Morgan fingerprint density at radius 3 is 2.81 bits per heavy atom. The standard InChI is InChI=1S/C40H53N5O3/c1-4-10-32(16-17-33-18-19-38-35(29-33)13-8-26-45(38)27-21-40(47)43-25-28-44(2)3)20-24-41-22-9-23-42-30-36(46)31-48-39-15-7-12-34-11-5-6-14-37(34)39/h4-7,10-12,14-20,24,29,36,42,46H,8-9,13,21-23,25-28,30-31H2,1-3H3,(H,43,47)/b10-4-,17-16?,32-20+,41-24?. The number of aliphatic imine (C=N–C) groups is 1. The lowest BCUT2D eigenvalue weighted by atomic mass is 9.98. The Labute approximate surface area is 286 Å². The molecule has 0 saturated heterocycles. The number of benzene rings is 3. The van der Waals surface area contributed by atoms with E-state index < -0.39 is 6.10 Å². The minimum atomic E-state index is -0.587. The van der Waals surface area contributed by atoms with Crippen LogP contribution >= 0.6 is 0 Å². The summed E-state index contributed by atoms with van der Waals surface area (Å²) in [5.74, 6) is 0.906. The summed E-state index contributed by atoms with van der Waals surface area (Å²) in [6.07, 6.45) is 15.2. The van der Waals surface area contributed by atoms with Crippen molar-refractivity contribution in [2.24, 2.45) is 4.99 Å². The van der Waals surface area contributed by atoms with Gasteiger partial charge in [-0.1, -0.05) is 66.8 Å². The number of amides is 1. The minimum Gasteiger partial charge on any atom is -0.490 e. The number of aliphatic hydroxyl groups excluding tert-OH is 1. The normalized spacial score (nSPS) is 14.4. The highest BCUT2D eigenvalue weighted by Gasteiger charge is 2.17. The molecule has 1 unspecified atom stereocenters. The lowest BCUT2D eigenvalue weighted by molar-refractivity contribution is -0.120. The van der Waals surface area contributed by atoms with Crippen LogP contribution in [0.1, 0.15) is 37.3 Å². The molecule has 0 spiro atoms. The van der Waals surface area contributed by atoms with Crippen LogP contribution in [0.5, 0.6) is 5.75 Å². The first-order valence-electron chi connectivity index (χ1n) is 17.2. The Morgan fingerprint density at radius 1 is 1.10 bits per heavy atom. The van der Waals surface area contributed by atoms with E-state index >= 15 is 0 Å². The molecule has 1 aliphatic heterocycles. The number of aliphatic hydroxyl groups is 1. The third-order valence-corrected chi connectivity index (χ3v) is 8.21. The van der Waals surface area contributed by atoms with Crippen LogP contribution < -0.4 is 20.3 Å². The number of aryl methyl sites for hydroxylation is 1. The largest absolute Gasteiger partial charge is 0.490 e. The second-order valence-corrected chi connectivity index (χ2v) is 12.4. The van der Waals surface area contributed by atoms with E-state index in [2.05, 4.69) is 74.0 Å². The van der Waals surface area contributed by atoms with Gasteiger partial charge in [-0.05, 0) is 93.2 Å². The first-order chi connectivity index (χ1) is 23.4. The molecule has 8 nitrogen and oxygen atoms in total. The number of hydrogen-bond acceptors (Lipinski definition) is 7. The van der Waals surface area contributed by atoms with Crippen molar-refractivity contribution in [2.45, 2.75) is 38.7 Å². The molecule has 1 aliphatic rings. The Bertz CT molecular complexity index is 1560. The van der Waals surface area contributed by atoms with E-state index in [1.165, 1.54) is 16.8 Å². The Balaban J connectivity index is 1.16. The van der Waals surface area contributed by atoms with Crippen LogP contribution in [0, 0.1) is 0 Å². The molecule has 0 aromatic heterocycles. The van der Waals surface area contributed by atoms with Crippen molar-refractivity contribution in [3.05, 3.63) is 102 Å². The number of rotatable bonds is 19. The van der Waals surface area contributed by atoms with E-state index in [1.807, 2.05) is 69.7 Å². The summed E-state index contributed by atoms with van der Waals surface area (Å²) in [7, 11) is 4.02. The predicted molar refractivity (Wildman–Crippen MR) is 201 cm³/mol. The molecule has 256 valence electrons. The average Bonchev–Trinajstić information content (AvgIpc) is 3.09. The lowest BCUT2D eigenvalue weighted by Crippen LogP contribution is -2.36. The molecule has 48 heavy (non-hydrogen) atoms. The molecule has 1 atom stereocenters. The molecule has 8 heteroatoms. The number of carbonyl (C=O) groups is 1. The molecule has 1 heterocycles. The van der Waals surface area contributed by atoms with Gasteiger partial charge < -0.3 is 30.3 Å². The Hall–Kier alpha value is -4.24. The van der Waals surface area contributed by atoms with Gasteiger partial charge in [0.1, 0.15) is 18.5 Å². The first-order valence-corrected chi connectivity index (χ1v) is 17.2. The molecule has 0 saturated carbocycles. The van der Waals surface area contributed by atoms with Gasteiger partial charge in [0.05, 0.1) is 0 Å². The van der Waals surface area contributed by atoms with Crippen LogP contribution in [0.4, 0.5) is 5.69 Å². The summed E-state index contributed by atoms with van der Waals surface area (Å²) >= 11 is 0. The molecule has 3 aromatic carbocycles. The van der Waals surface area contributed by atoms with Gasteiger partial charge in [-0.2, -0.15) is 0 Å². The highest BCUT2D eigenvalue weighted by Crippen LogP contribution is 2.29. The SMILES string of the molecule is C/C=C\C(C=Cc1ccc2c(c1)CCCN2CCC(=O)NCCN(C)C)=C/C=NCCCNCC(O)COc1cccc2ccccc12. The summed E-state index contributed by atoms with van der Waals surface area (Å²) < 4.78 is 5.90. The Kier molecular flexibility index (Phi) is 15.4. The second-order valence-electron chi connectivity index (χ2n) is 12.4. The van der Waals surface area contributed by atoms with E-state index in [1.54, 1.807) is 0 Å². The number of nitrogens with one attached hydrogen (secondary N) is 2. The monoisotopic (exact) mass is 651 g/mol. The van der Waals surface area contributed by atoms with Gasteiger partial charge >= 0.3 is 0 Å². The van der Waals surface area contributed by atoms with Crippen LogP contribution in [-0.4, -0.2) is 94.7 Å². The smallest absolute Gasteiger partial charge is 0.221 e. The average molecular weight is 652 g/mol. The molecule has 0 bridgehead atoms. The van der Waals surface area contributed by atoms with Crippen LogP contribution in [0.25, 0.3) is 16.8 Å². The summed E-state index contributed by atoms with van der Waals surface area (Å²) in [5, 5.41) is 18.9. The maximum atomic E-state index is 12.3. The number of likely N-dealkylation sites (N-methyl/N-ethyl adjacent to an activating group) is 1. The van der Waals surface area contributed by atoms with Gasteiger partial charge in [0, 0.05) is 63.0 Å². The van der Waals surface area contributed by atoms with Crippen molar-refractivity contribution in [3.63, 3.8) is 0 Å². The summed E-state index contributed by atoms with van der Waals surface area (Å²) in [6.45, 7) is 7.47. The zero-order valence-corrected chi connectivity index (χ0v) is 28.9. The molecule has 3 N–H and O–H groups in total. The predicted octanol–water partition coefficient (Wildman–Crippen LogP) is 5.67. The fraction of sp³-hybridized carbons (Fsp3) is 0.400.